The first-order valence-corrected chi connectivity index (χ1v) is 7.93. The van der Waals surface area contributed by atoms with Crippen LogP contribution in [0.4, 0.5) is 5.13 Å². The first-order chi connectivity index (χ1) is 8.63. The molecule has 0 spiro atoms. The summed E-state index contributed by atoms with van der Waals surface area (Å²) in [5, 5.41) is 15.1. The second kappa shape index (κ2) is 6.38. The van der Waals surface area contributed by atoms with Crippen molar-refractivity contribution in [3.63, 3.8) is 0 Å². The number of aromatic nitrogens is 2. The third kappa shape index (κ3) is 4.81. The molecule has 0 atom stereocenters. The fourth-order valence-electron chi connectivity index (χ4n) is 1.22. The highest BCUT2D eigenvalue weighted by Gasteiger charge is 2.22. The molecule has 0 saturated heterocycles. The number of carbonyl (C=O) groups excluding carboxylic acids is 1. The summed E-state index contributed by atoms with van der Waals surface area (Å²) in [7, 11) is 0. The summed E-state index contributed by atoms with van der Waals surface area (Å²) in [6, 6.07) is 0.588. The number of nitrogens with zero attached hydrogens (tertiary/aromatic N) is 2. The average molecular weight is 286 g/mol. The van der Waals surface area contributed by atoms with Gasteiger partial charge in [-0.15, -0.1) is 10.2 Å². The number of carbonyl (C=O) groups is 1. The predicted octanol–water partition coefficient (Wildman–Crippen LogP) is 1.98. The highest BCUT2D eigenvalue weighted by molar-refractivity contribution is 8.01. The van der Waals surface area contributed by atoms with Crippen LogP contribution < -0.4 is 10.6 Å². The number of hydrogen-bond donors (Lipinski definition) is 2. The van der Waals surface area contributed by atoms with Crippen molar-refractivity contribution in [3.05, 3.63) is 0 Å². The van der Waals surface area contributed by atoms with E-state index in [-0.39, 0.29) is 5.91 Å². The van der Waals surface area contributed by atoms with E-state index < -0.39 is 0 Å². The van der Waals surface area contributed by atoms with Crippen molar-refractivity contribution in [1.82, 2.24) is 15.5 Å². The van der Waals surface area contributed by atoms with Gasteiger partial charge in [0.25, 0.3) is 0 Å². The fourth-order valence-corrected chi connectivity index (χ4v) is 2.88. The molecule has 18 heavy (non-hydrogen) atoms. The van der Waals surface area contributed by atoms with E-state index in [1.54, 1.807) is 0 Å². The highest BCUT2D eigenvalue weighted by atomic mass is 32.2. The van der Waals surface area contributed by atoms with Crippen molar-refractivity contribution in [1.29, 1.82) is 0 Å². The zero-order chi connectivity index (χ0) is 13.0. The molecule has 0 aliphatic heterocycles. The van der Waals surface area contributed by atoms with Crippen molar-refractivity contribution in [3.8, 4) is 0 Å². The topological polar surface area (TPSA) is 66.9 Å². The van der Waals surface area contributed by atoms with Gasteiger partial charge in [-0.2, -0.15) is 0 Å². The molecule has 1 aromatic rings. The van der Waals surface area contributed by atoms with E-state index in [1.807, 2.05) is 0 Å². The van der Waals surface area contributed by atoms with Crippen molar-refractivity contribution < 1.29 is 4.79 Å². The Hall–Kier alpha value is -0.820. The number of thioether (sulfide) groups is 1. The van der Waals surface area contributed by atoms with Gasteiger partial charge in [0.05, 0.1) is 5.75 Å². The van der Waals surface area contributed by atoms with Gasteiger partial charge in [-0.05, 0) is 18.8 Å². The van der Waals surface area contributed by atoms with Gasteiger partial charge in [-0.1, -0.05) is 36.9 Å². The molecule has 2 rings (SSSR count). The lowest BCUT2D eigenvalue weighted by atomic mass is 10.2. The highest BCUT2D eigenvalue weighted by Crippen LogP contribution is 2.29. The summed E-state index contributed by atoms with van der Waals surface area (Å²) in [4.78, 5) is 11.5. The zero-order valence-corrected chi connectivity index (χ0v) is 12.2. The quantitative estimate of drug-likeness (QED) is 0.750. The maximum Gasteiger partial charge on any atom is 0.230 e. The zero-order valence-electron chi connectivity index (χ0n) is 10.6. The van der Waals surface area contributed by atoms with Crippen LogP contribution in [-0.4, -0.2) is 34.4 Å². The molecular formula is C11H18N4OS2. The van der Waals surface area contributed by atoms with Crippen LogP contribution in [-0.2, 0) is 4.79 Å². The van der Waals surface area contributed by atoms with Crippen LogP contribution >= 0.6 is 23.1 Å². The van der Waals surface area contributed by atoms with Gasteiger partial charge >= 0.3 is 0 Å². The third-order valence-corrected chi connectivity index (χ3v) is 4.33. The number of anilines is 1. The summed E-state index contributed by atoms with van der Waals surface area (Å²) in [6.45, 7) is 4.88. The van der Waals surface area contributed by atoms with E-state index in [2.05, 4.69) is 34.7 Å². The van der Waals surface area contributed by atoms with E-state index in [0.29, 0.717) is 17.7 Å². The summed E-state index contributed by atoms with van der Waals surface area (Å²) in [5.41, 5.74) is 0. The summed E-state index contributed by atoms with van der Waals surface area (Å²) in [6.07, 6.45) is 2.44. The molecule has 1 heterocycles. The van der Waals surface area contributed by atoms with Crippen LogP contribution in [0.1, 0.15) is 26.7 Å². The van der Waals surface area contributed by atoms with Gasteiger partial charge in [0.1, 0.15) is 0 Å². The predicted molar refractivity (Wildman–Crippen MR) is 75.1 cm³/mol. The Morgan fingerprint density at radius 2 is 2.28 bits per heavy atom. The summed E-state index contributed by atoms with van der Waals surface area (Å²) < 4.78 is 0.845. The van der Waals surface area contributed by atoms with Crippen LogP contribution in [0.5, 0.6) is 0 Å². The van der Waals surface area contributed by atoms with E-state index in [4.69, 9.17) is 0 Å². The molecule has 7 heteroatoms. The normalized spacial score (nSPS) is 14.8. The molecule has 0 aromatic carbocycles. The minimum atomic E-state index is 0.0561. The molecule has 1 aliphatic carbocycles. The Kier molecular flexibility index (Phi) is 4.82. The molecule has 2 N–H and O–H groups in total. The lowest BCUT2D eigenvalue weighted by Crippen LogP contribution is -2.28. The average Bonchev–Trinajstić information content (AvgIpc) is 3.02. The van der Waals surface area contributed by atoms with Gasteiger partial charge in [-0.25, -0.2) is 0 Å². The van der Waals surface area contributed by atoms with Crippen molar-refractivity contribution in [2.24, 2.45) is 5.92 Å². The second-order valence-electron chi connectivity index (χ2n) is 4.78. The number of rotatable bonds is 7. The van der Waals surface area contributed by atoms with Crippen molar-refractivity contribution >= 4 is 34.1 Å². The molecule has 0 unspecified atom stereocenters. The van der Waals surface area contributed by atoms with Crippen LogP contribution in [0.2, 0.25) is 0 Å². The maximum absolute atomic E-state index is 11.5. The Morgan fingerprint density at radius 3 is 2.94 bits per heavy atom. The van der Waals surface area contributed by atoms with Crippen LogP contribution in [0.25, 0.3) is 0 Å². The van der Waals surface area contributed by atoms with Crippen LogP contribution in [0.15, 0.2) is 4.34 Å². The Labute approximate surface area is 115 Å². The van der Waals surface area contributed by atoms with E-state index in [1.165, 1.54) is 35.9 Å². The van der Waals surface area contributed by atoms with Crippen molar-refractivity contribution in [2.75, 3.05) is 17.6 Å². The molecule has 0 radical (unpaired) electrons. The molecule has 0 bridgehead atoms. The number of amides is 1. The van der Waals surface area contributed by atoms with E-state index in [0.717, 1.165) is 16.0 Å². The Balaban J connectivity index is 1.68. The monoisotopic (exact) mass is 286 g/mol. The fraction of sp³-hybridized carbons (Fsp3) is 0.727. The molecule has 1 aliphatic rings. The van der Waals surface area contributed by atoms with Gasteiger partial charge in [0, 0.05) is 12.6 Å². The molecule has 1 amide bonds. The molecule has 100 valence electrons. The standard InChI is InChI=1S/C11H18N4OS2/c1-7(2)5-12-9(16)6-17-11-15-14-10(18-11)13-8-3-4-8/h7-8H,3-6H2,1-2H3,(H,12,16)(H,13,14). The summed E-state index contributed by atoms with van der Waals surface area (Å²) >= 11 is 2.96. The SMILES string of the molecule is CC(C)CNC(=O)CSc1nnc(NC2CC2)s1. The van der Waals surface area contributed by atoms with Crippen LogP contribution in [0.3, 0.4) is 0 Å². The third-order valence-electron chi connectivity index (χ3n) is 2.35. The largest absolute Gasteiger partial charge is 0.357 e. The van der Waals surface area contributed by atoms with Gasteiger partial charge in [0.2, 0.25) is 11.0 Å². The molecule has 1 aromatic heterocycles. The van der Waals surface area contributed by atoms with E-state index >= 15 is 0 Å². The van der Waals surface area contributed by atoms with E-state index in [9.17, 15) is 4.79 Å². The van der Waals surface area contributed by atoms with Gasteiger partial charge < -0.3 is 10.6 Å². The molecule has 5 nitrogen and oxygen atoms in total. The van der Waals surface area contributed by atoms with Crippen molar-refractivity contribution in [2.45, 2.75) is 37.1 Å². The Morgan fingerprint density at radius 1 is 1.50 bits per heavy atom. The smallest absolute Gasteiger partial charge is 0.230 e. The lowest BCUT2D eigenvalue weighted by molar-refractivity contribution is -0.118. The minimum absolute atomic E-state index is 0.0561. The molecule has 1 saturated carbocycles. The van der Waals surface area contributed by atoms with Gasteiger partial charge in [0.15, 0.2) is 4.34 Å². The molecule has 1 fully saturated rings. The first kappa shape index (κ1) is 13.6. The Bertz CT molecular complexity index is 404. The number of hydrogen-bond acceptors (Lipinski definition) is 6. The summed E-state index contributed by atoms with van der Waals surface area (Å²) in [5.74, 6) is 0.945. The van der Waals surface area contributed by atoms with Crippen LogP contribution in [0, 0.1) is 5.92 Å². The van der Waals surface area contributed by atoms with Gasteiger partial charge in [-0.3, -0.25) is 4.79 Å². The second-order valence-corrected chi connectivity index (χ2v) is 6.98. The minimum Gasteiger partial charge on any atom is -0.357 e. The molecular weight excluding hydrogens is 268 g/mol. The maximum atomic E-state index is 11.5. The number of nitrogens with one attached hydrogen (secondary N) is 2. The lowest BCUT2D eigenvalue weighted by Gasteiger charge is -2.06. The first-order valence-electron chi connectivity index (χ1n) is 6.13.